The number of benzene rings is 1. The van der Waals surface area contributed by atoms with E-state index in [4.69, 9.17) is 19.1 Å². The number of likely N-dealkylation sites (tertiary alicyclic amines) is 1. The van der Waals surface area contributed by atoms with E-state index < -0.39 is 0 Å². The van der Waals surface area contributed by atoms with Crippen molar-refractivity contribution in [1.29, 1.82) is 0 Å². The van der Waals surface area contributed by atoms with Gasteiger partial charge in [-0.15, -0.1) is 0 Å². The van der Waals surface area contributed by atoms with Crippen molar-refractivity contribution in [3.63, 3.8) is 0 Å². The first-order valence-electron chi connectivity index (χ1n) is 13.1. The molecule has 4 aromatic rings. The summed E-state index contributed by atoms with van der Waals surface area (Å²) in [5, 5.41) is 4.38. The van der Waals surface area contributed by atoms with E-state index >= 15 is 4.39 Å². The highest BCUT2D eigenvalue weighted by molar-refractivity contribution is 5.96. The molecule has 8 nitrogen and oxygen atoms in total. The van der Waals surface area contributed by atoms with E-state index in [1.807, 2.05) is 12.3 Å². The highest BCUT2D eigenvalue weighted by Crippen LogP contribution is 2.39. The average Bonchev–Trinajstić information content (AvgIpc) is 3.53. The number of hydrogen-bond donors (Lipinski definition) is 2. The lowest BCUT2D eigenvalue weighted by atomic mass is 9.93. The molecule has 2 N–H and O–H groups in total. The molecule has 3 aromatic heterocycles. The van der Waals surface area contributed by atoms with E-state index in [9.17, 15) is 0 Å². The second-order valence-electron chi connectivity index (χ2n) is 10.1. The third-order valence-electron chi connectivity index (χ3n) is 7.91. The second-order valence-corrected chi connectivity index (χ2v) is 10.1. The number of aromatic nitrogens is 3. The Labute approximate surface area is 208 Å². The van der Waals surface area contributed by atoms with Gasteiger partial charge in [0.15, 0.2) is 17.2 Å². The Hall–Kier alpha value is -3.01. The van der Waals surface area contributed by atoms with Gasteiger partial charge >= 0.3 is 0 Å². The van der Waals surface area contributed by atoms with Gasteiger partial charge in [-0.05, 0) is 57.1 Å². The summed E-state index contributed by atoms with van der Waals surface area (Å²) in [6.45, 7) is 5.85. The molecule has 7 rings (SSSR count). The smallest absolute Gasteiger partial charge is 0.195 e. The zero-order chi connectivity index (χ0) is 24.1. The average molecular weight is 491 g/mol. The molecule has 0 saturated carbocycles. The maximum absolute atomic E-state index is 15.2. The Morgan fingerprint density at radius 1 is 1.03 bits per heavy atom. The summed E-state index contributed by atoms with van der Waals surface area (Å²) in [5.41, 5.74) is 2.68. The summed E-state index contributed by atoms with van der Waals surface area (Å²) in [6.07, 6.45) is 6.67. The second kappa shape index (κ2) is 9.14. The van der Waals surface area contributed by atoms with E-state index in [2.05, 4.69) is 26.2 Å². The number of H-pyrrole nitrogens is 1. The predicted molar refractivity (Wildman–Crippen MR) is 137 cm³/mol. The molecule has 3 aliphatic rings. The van der Waals surface area contributed by atoms with Crippen molar-refractivity contribution in [2.45, 2.75) is 37.8 Å². The predicted octanol–water partition coefficient (Wildman–Crippen LogP) is 4.24. The van der Waals surface area contributed by atoms with E-state index in [0.717, 1.165) is 54.1 Å². The third kappa shape index (κ3) is 3.77. The molecule has 0 aliphatic carbocycles. The molecule has 0 spiro atoms. The van der Waals surface area contributed by atoms with Gasteiger partial charge in [0.2, 0.25) is 0 Å². The summed E-state index contributed by atoms with van der Waals surface area (Å²) in [5.74, 6) is 1.69. The van der Waals surface area contributed by atoms with E-state index in [1.54, 1.807) is 6.07 Å². The number of fused-ring (bicyclic) bond motifs is 2. The molecule has 6 heterocycles. The highest BCUT2D eigenvalue weighted by Gasteiger charge is 2.36. The summed E-state index contributed by atoms with van der Waals surface area (Å²) < 4.78 is 27.5. The van der Waals surface area contributed by atoms with Crippen LogP contribution >= 0.6 is 0 Å². The van der Waals surface area contributed by atoms with Crippen LogP contribution in [0.3, 0.4) is 0 Å². The van der Waals surface area contributed by atoms with Crippen molar-refractivity contribution in [3.8, 4) is 11.4 Å². The van der Waals surface area contributed by atoms with Crippen LogP contribution in [0.5, 0.6) is 0 Å². The van der Waals surface area contributed by atoms with Gasteiger partial charge in [-0.1, -0.05) is 6.42 Å². The molecule has 0 amide bonds. The van der Waals surface area contributed by atoms with Crippen LogP contribution in [0, 0.1) is 5.82 Å². The first-order valence-corrected chi connectivity index (χ1v) is 13.1. The standard InChI is InChI=1S/C27H31FN6O2/c28-18-4-5-19-17(6-8-29-19)23(18)26-31-21-16-22(24(20-7-9-30-20)33-10-2-1-3-11-33)36-25(21)27(32-26)34-12-14-35-15-13-34/h4-6,8,16,20,24,29-30H,1-3,7,9-15H2. The lowest BCUT2D eigenvalue weighted by Gasteiger charge is -2.42. The Morgan fingerprint density at radius 3 is 2.64 bits per heavy atom. The topological polar surface area (TPSA) is 82.5 Å². The van der Waals surface area contributed by atoms with Gasteiger partial charge in [-0.25, -0.2) is 14.4 Å². The fourth-order valence-corrected chi connectivity index (χ4v) is 5.92. The maximum atomic E-state index is 15.2. The minimum absolute atomic E-state index is 0.166. The molecule has 0 radical (unpaired) electrons. The number of morpholine rings is 1. The number of furan rings is 1. The highest BCUT2D eigenvalue weighted by atomic mass is 19.1. The molecule has 36 heavy (non-hydrogen) atoms. The van der Waals surface area contributed by atoms with Crippen molar-refractivity contribution in [3.05, 3.63) is 42.0 Å². The number of anilines is 1. The number of hydrogen-bond acceptors (Lipinski definition) is 7. The van der Waals surface area contributed by atoms with Gasteiger partial charge in [0.1, 0.15) is 17.1 Å². The number of nitrogens with zero attached hydrogens (tertiary/aromatic N) is 4. The van der Waals surface area contributed by atoms with Crippen LogP contribution in [0.25, 0.3) is 33.4 Å². The zero-order valence-corrected chi connectivity index (χ0v) is 20.3. The minimum atomic E-state index is -0.331. The number of aromatic amines is 1. The Bertz CT molecular complexity index is 1380. The van der Waals surface area contributed by atoms with E-state index in [1.165, 1.54) is 25.3 Å². The van der Waals surface area contributed by atoms with Gasteiger partial charge < -0.3 is 24.4 Å². The van der Waals surface area contributed by atoms with Crippen LogP contribution in [0.4, 0.5) is 10.2 Å². The molecule has 2 atom stereocenters. The molecular formula is C27H31FN6O2. The molecule has 3 aliphatic heterocycles. The van der Waals surface area contributed by atoms with Crippen molar-refractivity contribution < 1.29 is 13.5 Å². The van der Waals surface area contributed by atoms with Crippen LogP contribution in [0.15, 0.2) is 34.9 Å². The number of ether oxygens (including phenoxy) is 1. The van der Waals surface area contributed by atoms with E-state index in [0.29, 0.717) is 49.3 Å². The maximum Gasteiger partial charge on any atom is 0.195 e. The molecule has 3 saturated heterocycles. The molecule has 188 valence electrons. The normalized spacial score (nSPS) is 22.2. The Balaban J connectivity index is 1.39. The quantitative estimate of drug-likeness (QED) is 0.433. The number of rotatable bonds is 5. The van der Waals surface area contributed by atoms with Gasteiger partial charge in [-0.2, -0.15) is 0 Å². The van der Waals surface area contributed by atoms with Gasteiger partial charge in [0.05, 0.1) is 24.8 Å². The van der Waals surface area contributed by atoms with Gasteiger partial charge in [0, 0.05) is 42.3 Å². The summed E-state index contributed by atoms with van der Waals surface area (Å²) in [6, 6.07) is 7.71. The number of halogens is 1. The minimum Gasteiger partial charge on any atom is -0.454 e. The van der Waals surface area contributed by atoms with Crippen molar-refractivity contribution in [2.24, 2.45) is 0 Å². The lowest BCUT2D eigenvalue weighted by Crippen LogP contribution is -2.53. The Kier molecular flexibility index (Phi) is 5.64. The molecule has 3 fully saturated rings. The van der Waals surface area contributed by atoms with Crippen LogP contribution in [-0.4, -0.2) is 71.8 Å². The van der Waals surface area contributed by atoms with Crippen LogP contribution in [0.2, 0.25) is 0 Å². The van der Waals surface area contributed by atoms with Crippen molar-refractivity contribution in [1.82, 2.24) is 25.2 Å². The first-order chi connectivity index (χ1) is 17.8. The molecule has 9 heteroatoms. The number of nitrogens with one attached hydrogen (secondary N) is 2. The monoisotopic (exact) mass is 490 g/mol. The van der Waals surface area contributed by atoms with Crippen LogP contribution in [0.1, 0.15) is 37.5 Å². The summed E-state index contributed by atoms with van der Waals surface area (Å²) in [7, 11) is 0. The van der Waals surface area contributed by atoms with Gasteiger partial charge in [0.25, 0.3) is 0 Å². The largest absolute Gasteiger partial charge is 0.454 e. The van der Waals surface area contributed by atoms with Crippen molar-refractivity contribution in [2.75, 3.05) is 50.8 Å². The fourth-order valence-electron chi connectivity index (χ4n) is 5.92. The molecule has 2 unspecified atom stereocenters. The molecule has 1 aromatic carbocycles. The van der Waals surface area contributed by atoms with Crippen LogP contribution < -0.4 is 10.2 Å². The van der Waals surface area contributed by atoms with Gasteiger partial charge in [-0.3, -0.25) is 4.90 Å². The number of piperidine rings is 1. The van der Waals surface area contributed by atoms with Crippen molar-refractivity contribution >= 4 is 27.8 Å². The first kappa shape index (κ1) is 22.2. The molecule has 0 bridgehead atoms. The fraction of sp³-hybridized carbons (Fsp3) is 0.481. The Morgan fingerprint density at radius 2 is 1.86 bits per heavy atom. The summed E-state index contributed by atoms with van der Waals surface area (Å²) in [4.78, 5) is 17.7. The lowest BCUT2D eigenvalue weighted by molar-refractivity contribution is 0.0905. The third-order valence-corrected chi connectivity index (χ3v) is 7.91. The zero-order valence-electron chi connectivity index (χ0n) is 20.3. The van der Waals surface area contributed by atoms with Crippen LogP contribution in [-0.2, 0) is 4.74 Å². The van der Waals surface area contributed by atoms with E-state index in [-0.39, 0.29) is 11.9 Å². The summed E-state index contributed by atoms with van der Waals surface area (Å²) >= 11 is 0. The SMILES string of the molecule is Fc1ccc2[nH]ccc2c1-c1nc(N2CCOCC2)c2oc(C(C3CCN3)N3CCCCC3)cc2n1. The molecular weight excluding hydrogens is 459 g/mol.